The Morgan fingerprint density at radius 2 is 1.20 bits per heavy atom. The van der Waals surface area contributed by atoms with Crippen LogP contribution in [0.4, 0.5) is 45.5 Å². The monoisotopic (exact) mass is 460 g/mol. The van der Waals surface area contributed by atoms with Gasteiger partial charge in [-0.2, -0.15) is 26.3 Å². The largest absolute Gasteiger partial charge is 0.516 e. The predicted molar refractivity (Wildman–Crippen MR) is 69.4 cm³/mol. The highest BCUT2D eigenvalue weighted by Gasteiger charge is 2.54. The number of carbonyl (C=O) groups is 4. The summed E-state index contributed by atoms with van der Waals surface area (Å²) in [6.45, 7) is 0.566. The summed E-state index contributed by atoms with van der Waals surface area (Å²) in [6, 6.07) is 0. The van der Waals surface area contributed by atoms with E-state index in [1.165, 1.54) is 0 Å². The number of alkyl halides is 6. The molecule has 0 N–H and O–H groups in total. The van der Waals surface area contributed by atoms with Crippen LogP contribution in [0, 0.1) is 0 Å². The molecule has 0 aromatic heterocycles. The van der Waals surface area contributed by atoms with Crippen molar-refractivity contribution in [3.63, 3.8) is 0 Å². The van der Waals surface area contributed by atoms with E-state index in [4.69, 9.17) is 0 Å². The van der Waals surface area contributed by atoms with E-state index in [0.717, 1.165) is 0 Å². The zero-order chi connectivity index (χ0) is 22.9. The second-order valence-corrected chi connectivity index (χ2v) is 4.57. The summed E-state index contributed by atoms with van der Waals surface area (Å²) >= 11 is 0. The van der Waals surface area contributed by atoms with E-state index in [1.807, 2.05) is 0 Å². The molecule has 0 aromatic carbocycles. The molecule has 0 radical (unpaired) electrons. The van der Waals surface area contributed by atoms with Crippen molar-refractivity contribution < 1.29 is 83.4 Å². The predicted octanol–water partition coefficient (Wildman–Crippen LogP) is 2.39. The maximum Gasteiger partial charge on any atom is 0.516 e. The molecule has 4 aliphatic heterocycles. The second kappa shape index (κ2) is 11.0. The summed E-state index contributed by atoms with van der Waals surface area (Å²) in [5.74, 6) is 0. The molecule has 4 unspecified atom stereocenters. The molecule has 4 heterocycles. The van der Waals surface area contributed by atoms with E-state index in [2.05, 4.69) is 37.9 Å². The van der Waals surface area contributed by atoms with E-state index < -0.39 is 56.2 Å². The van der Waals surface area contributed by atoms with Crippen LogP contribution in [0.2, 0.25) is 0 Å². The van der Waals surface area contributed by atoms with Gasteiger partial charge < -0.3 is 37.9 Å². The minimum atomic E-state index is -4.11. The molecule has 0 bridgehead atoms. The quantitative estimate of drug-likeness (QED) is 0.298. The molecule has 0 spiro atoms. The Bertz CT molecular complexity index is 613. The first-order valence-corrected chi connectivity index (χ1v) is 7.24. The number of hydrogen-bond donors (Lipinski definition) is 0. The maximum absolute atomic E-state index is 11.6. The van der Waals surface area contributed by atoms with Crippen LogP contribution in [-0.4, -0.2) is 76.0 Å². The van der Waals surface area contributed by atoms with Crippen molar-refractivity contribution >= 4 is 24.6 Å². The van der Waals surface area contributed by atoms with E-state index >= 15 is 0 Å². The lowest BCUT2D eigenvalue weighted by atomic mass is 10.6. The highest BCUT2D eigenvalue weighted by atomic mass is 19.3. The van der Waals surface area contributed by atoms with Crippen molar-refractivity contribution in [3.8, 4) is 0 Å². The molecule has 4 aliphatic rings. The van der Waals surface area contributed by atoms with E-state index in [-0.39, 0.29) is 6.61 Å². The lowest BCUT2D eigenvalue weighted by Gasteiger charge is -2.03. The smallest absolute Gasteiger partial charge is 0.431 e. The van der Waals surface area contributed by atoms with Gasteiger partial charge in [0.2, 0.25) is 0 Å². The third-order valence-corrected chi connectivity index (χ3v) is 2.39. The zero-order valence-corrected chi connectivity index (χ0v) is 14.1. The van der Waals surface area contributed by atoms with Gasteiger partial charge in [-0.05, 0) is 0 Å². The molecule has 30 heavy (non-hydrogen) atoms. The molecule has 4 fully saturated rings. The Morgan fingerprint density at radius 1 is 0.667 bits per heavy atom. The maximum atomic E-state index is 11.6. The fourth-order valence-electron chi connectivity index (χ4n) is 1.25. The van der Waals surface area contributed by atoms with Crippen molar-refractivity contribution in [3.05, 3.63) is 0 Å². The Kier molecular flexibility index (Phi) is 9.06. The molecule has 4 rings (SSSR count). The number of hydrogen-bond acceptors (Lipinski definition) is 12. The highest BCUT2D eigenvalue weighted by molar-refractivity contribution is 5.62. The van der Waals surface area contributed by atoms with Crippen LogP contribution in [0.5, 0.6) is 0 Å². The number of halogens is 6. The first-order valence-electron chi connectivity index (χ1n) is 7.24. The van der Waals surface area contributed by atoms with Crippen molar-refractivity contribution in [2.75, 3.05) is 19.8 Å². The minimum Gasteiger partial charge on any atom is -0.431 e. The fraction of sp³-hybridized carbons (Fsp3) is 0.667. The van der Waals surface area contributed by atoms with Gasteiger partial charge in [-0.25, -0.2) is 19.2 Å². The van der Waals surface area contributed by atoms with Gasteiger partial charge in [-0.15, -0.1) is 0 Å². The van der Waals surface area contributed by atoms with Crippen LogP contribution < -0.4 is 0 Å². The van der Waals surface area contributed by atoms with Crippen LogP contribution in [0.3, 0.4) is 0 Å². The van der Waals surface area contributed by atoms with Crippen LogP contribution in [-0.2, 0) is 37.9 Å². The first kappa shape index (κ1) is 24.7. The van der Waals surface area contributed by atoms with Gasteiger partial charge in [0.25, 0.3) is 6.36 Å². The standard InChI is InChI=1S/C3HF3O3.C3H2F2O3.C3H3FO3.C3H4O3/c4-1-3(5,6)9-2(7)8-1;4-1-2(5)8-3(6)7-1;4-2-1-6-3(5)7-2;4-3-5-1-2-6-3/h1H;1-2H;2H,1H2;1-2H2. The normalized spacial score (nSPS) is 29.9. The number of cyclic esters (lactones) is 8. The molecular formula is C12H10F6O12. The molecule has 172 valence electrons. The molecule has 0 aliphatic carbocycles. The van der Waals surface area contributed by atoms with Gasteiger partial charge in [0.1, 0.15) is 13.2 Å². The topological polar surface area (TPSA) is 142 Å². The van der Waals surface area contributed by atoms with Crippen molar-refractivity contribution in [2.24, 2.45) is 0 Å². The van der Waals surface area contributed by atoms with Gasteiger partial charge in [-0.1, -0.05) is 0 Å². The molecule has 12 nitrogen and oxygen atoms in total. The summed E-state index contributed by atoms with van der Waals surface area (Å²) in [5, 5.41) is 0. The Balaban J connectivity index is 0.000000202. The van der Waals surface area contributed by atoms with Gasteiger partial charge >= 0.3 is 49.8 Å². The third kappa shape index (κ3) is 8.78. The molecule has 0 amide bonds. The van der Waals surface area contributed by atoms with E-state index in [9.17, 15) is 45.5 Å². The van der Waals surface area contributed by atoms with Crippen molar-refractivity contribution in [2.45, 2.75) is 31.5 Å². The van der Waals surface area contributed by atoms with Crippen molar-refractivity contribution in [1.29, 1.82) is 0 Å². The van der Waals surface area contributed by atoms with Gasteiger partial charge in [0.05, 0.1) is 0 Å². The van der Waals surface area contributed by atoms with Gasteiger partial charge in [0, 0.05) is 0 Å². The van der Waals surface area contributed by atoms with E-state index in [1.54, 1.807) is 0 Å². The van der Waals surface area contributed by atoms with E-state index in [0.29, 0.717) is 13.2 Å². The first-order chi connectivity index (χ1) is 13.9. The average molecular weight is 460 g/mol. The van der Waals surface area contributed by atoms with Crippen LogP contribution >= 0.6 is 0 Å². The lowest BCUT2D eigenvalue weighted by Crippen LogP contribution is -2.25. The van der Waals surface area contributed by atoms with Crippen LogP contribution in [0.1, 0.15) is 0 Å². The lowest BCUT2D eigenvalue weighted by molar-refractivity contribution is -0.230. The summed E-state index contributed by atoms with van der Waals surface area (Å²) in [7, 11) is 0. The molecule has 0 saturated carbocycles. The summed E-state index contributed by atoms with van der Waals surface area (Å²) < 4.78 is 99.8. The van der Waals surface area contributed by atoms with Gasteiger partial charge in [0.15, 0.2) is 6.61 Å². The molecule has 4 saturated heterocycles. The fourth-order valence-corrected chi connectivity index (χ4v) is 1.25. The van der Waals surface area contributed by atoms with Crippen molar-refractivity contribution in [1.82, 2.24) is 0 Å². The molecule has 18 heteroatoms. The number of carbonyl (C=O) groups excluding carboxylic acids is 4. The van der Waals surface area contributed by atoms with Crippen LogP contribution in [0.15, 0.2) is 0 Å². The SMILES string of the molecule is O=C1OC(F)C(F)(F)O1.O=C1OC(F)C(F)O1.O=C1OCC(F)O1.O=C1OCCO1. The zero-order valence-electron chi connectivity index (χ0n) is 14.1. The third-order valence-electron chi connectivity index (χ3n) is 2.39. The van der Waals surface area contributed by atoms with Gasteiger partial charge in [-0.3, -0.25) is 0 Å². The molecule has 4 atom stereocenters. The summed E-state index contributed by atoms with van der Waals surface area (Å²) in [5.41, 5.74) is 0. The minimum absolute atomic E-state index is 0.265. The second-order valence-electron chi connectivity index (χ2n) is 4.57. The highest BCUT2D eigenvalue weighted by Crippen LogP contribution is 2.30. The number of rotatable bonds is 0. The summed E-state index contributed by atoms with van der Waals surface area (Å²) in [4.78, 5) is 39.0. The Morgan fingerprint density at radius 3 is 1.33 bits per heavy atom. The van der Waals surface area contributed by atoms with Crippen LogP contribution in [0.25, 0.3) is 0 Å². The average Bonchev–Trinajstić information content (AvgIpc) is 3.36. The summed E-state index contributed by atoms with van der Waals surface area (Å²) in [6.07, 6.45) is -17.6. The Hall–Kier alpha value is -3.34. The molecular weight excluding hydrogens is 450 g/mol. The Labute approximate surface area is 160 Å². The number of ether oxygens (including phenoxy) is 8. The molecule has 0 aromatic rings.